The van der Waals surface area contributed by atoms with E-state index < -0.39 is 0 Å². The number of likely N-dealkylation sites (tertiary alicyclic amines) is 1. The Kier molecular flexibility index (Phi) is 5.85. The zero-order valence-electron chi connectivity index (χ0n) is 13.1. The maximum absolute atomic E-state index is 12.3. The standard InChI is InChI=1S/C16H31N3O/c1-12(2)19-9-7-15(8-10-19)18-16(20)14-5-3-13(11-17)4-6-14/h12-15H,3-11,17H2,1-2H3,(H,18,20). The molecule has 0 atom stereocenters. The summed E-state index contributed by atoms with van der Waals surface area (Å²) in [5, 5.41) is 3.28. The molecular weight excluding hydrogens is 250 g/mol. The lowest BCUT2D eigenvalue weighted by Gasteiger charge is -2.36. The molecule has 0 bridgehead atoms. The van der Waals surface area contributed by atoms with Crippen molar-refractivity contribution in [3.63, 3.8) is 0 Å². The van der Waals surface area contributed by atoms with E-state index in [9.17, 15) is 4.79 Å². The normalized spacial score (nSPS) is 29.6. The van der Waals surface area contributed by atoms with E-state index in [4.69, 9.17) is 5.73 Å². The van der Waals surface area contributed by atoms with Crippen LogP contribution in [-0.4, -0.2) is 42.5 Å². The second-order valence-corrected chi connectivity index (χ2v) is 6.87. The number of nitrogens with two attached hydrogens (primary N) is 1. The number of amides is 1. The Morgan fingerprint density at radius 1 is 1.15 bits per heavy atom. The van der Waals surface area contributed by atoms with Gasteiger partial charge in [-0.2, -0.15) is 0 Å². The molecule has 1 aliphatic carbocycles. The predicted molar refractivity (Wildman–Crippen MR) is 82.4 cm³/mol. The van der Waals surface area contributed by atoms with Gasteiger partial charge in [0.2, 0.25) is 5.91 Å². The molecule has 0 aromatic rings. The summed E-state index contributed by atoms with van der Waals surface area (Å²) in [6.45, 7) is 7.50. The molecule has 3 N–H and O–H groups in total. The van der Waals surface area contributed by atoms with E-state index in [-0.39, 0.29) is 5.92 Å². The maximum atomic E-state index is 12.3. The van der Waals surface area contributed by atoms with Gasteiger partial charge >= 0.3 is 0 Å². The number of nitrogens with one attached hydrogen (secondary N) is 1. The fraction of sp³-hybridized carbons (Fsp3) is 0.938. The van der Waals surface area contributed by atoms with Gasteiger partial charge in [-0.25, -0.2) is 0 Å². The van der Waals surface area contributed by atoms with Gasteiger partial charge in [-0.05, 0) is 64.8 Å². The first-order chi connectivity index (χ1) is 9.60. The minimum absolute atomic E-state index is 0.237. The lowest BCUT2D eigenvalue weighted by Crippen LogP contribution is -2.48. The summed E-state index contributed by atoms with van der Waals surface area (Å²) in [6.07, 6.45) is 6.50. The van der Waals surface area contributed by atoms with E-state index in [1.807, 2.05) is 0 Å². The molecule has 4 heteroatoms. The van der Waals surface area contributed by atoms with E-state index >= 15 is 0 Å². The smallest absolute Gasteiger partial charge is 0.223 e. The Labute approximate surface area is 123 Å². The number of carbonyl (C=O) groups excluding carboxylic acids is 1. The number of nitrogens with zero attached hydrogens (tertiary/aromatic N) is 1. The van der Waals surface area contributed by atoms with Crippen LogP contribution in [-0.2, 0) is 4.79 Å². The average molecular weight is 281 g/mol. The van der Waals surface area contributed by atoms with Crippen LogP contribution in [0.1, 0.15) is 52.4 Å². The number of hydrogen-bond acceptors (Lipinski definition) is 3. The van der Waals surface area contributed by atoms with Crippen molar-refractivity contribution in [1.29, 1.82) is 0 Å². The summed E-state index contributed by atoms with van der Waals surface area (Å²) < 4.78 is 0. The topological polar surface area (TPSA) is 58.4 Å². The lowest BCUT2D eigenvalue weighted by molar-refractivity contribution is -0.127. The van der Waals surface area contributed by atoms with Gasteiger partial charge in [0.05, 0.1) is 0 Å². The van der Waals surface area contributed by atoms with Crippen molar-refractivity contribution in [1.82, 2.24) is 10.2 Å². The summed E-state index contributed by atoms with van der Waals surface area (Å²) in [4.78, 5) is 14.8. The van der Waals surface area contributed by atoms with Gasteiger partial charge in [0.25, 0.3) is 0 Å². The third-order valence-electron chi connectivity index (χ3n) is 5.16. The van der Waals surface area contributed by atoms with E-state index in [0.717, 1.165) is 58.2 Å². The summed E-state index contributed by atoms with van der Waals surface area (Å²) in [5.74, 6) is 1.18. The van der Waals surface area contributed by atoms with E-state index in [1.165, 1.54) is 0 Å². The van der Waals surface area contributed by atoms with Gasteiger partial charge in [0, 0.05) is 31.1 Å². The Balaban J connectivity index is 1.70. The Morgan fingerprint density at radius 3 is 2.25 bits per heavy atom. The van der Waals surface area contributed by atoms with E-state index in [0.29, 0.717) is 23.9 Å². The Bertz CT molecular complexity index is 303. The fourth-order valence-corrected chi connectivity index (χ4v) is 3.54. The van der Waals surface area contributed by atoms with Crippen LogP contribution in [0.5, 0.6) is 0 Å². The van der Waals surface area contributed by atoms with Crippen LogP contribution in [0, 0.1) is 11.8 Å². The molecule has 1 saturated heterocycles. The quantitative estimate of drug-likeness (QED) is 0.825. The van der Waals surface area contributed by atoms with Crippen molar-refractivity contribution in [2.45, 2.75) is 64.5 Å². The van der Waals surface area contributed by atoms with Crippen LogP contribution in [0.2, 0.25) is 0 Å². The molecule has 2 aliphatic rings. The Morgan fingerprint density at radius 2 is 1.75 bits per heavy atom. The number of piperidine rings is 1. The van der Waals surface area contributed by atoms with Gasteiger partial charge in [-0.3, -0.25) is 4.79 Å². The van der Waals surface area contributed by atoms with Gasteiger partial charge in [-0.1, -0.05) is 0 Å². The zero-order chi connectivity index (χ0) is 14.5. The molecule has 1 aliphatic heterocycles. The van der Waals surface area contributed by atoms with Crippen molar-refractivity contribution in [3.05, 3.63) is 0 Å². The van der Waals surface area contributed by atoms with Crippen molar-refractivity contribution in [3.8, 4) is 0 Å². The highest BCUT2D eigenvalue weighted by atomic mass is 16.1. The largest absolute Gasteiger partial charge is 0.353 e. The van der Waals surface area contributed by atoms with Gasteiger partial charge in [0.1, 0.15) is 0 Å². The van der Waals surface area contributed by atoms with Crippen molar-refractivity contribution >= 4 is 5.91 Å². The van der Waals surface area contributed by atoms with E-state index in [2.05, 4.69) is 24.1 Å². The molecule has 116 valence electrons. The Hall–Kier alpha value is -0.610. The number of rotatable bonds is 4. The molecule has 2 fully saturated rings. The monoisotopic (exact) mass is 281 g/mol. The number of carbonyl (C=O) groups is 1. The summed E-state index contributed by atoms with van der Waals surface area (Å²) >= 11 is 0. The predicted octanol–water partition coefficient (Wildman–Crippen LogP) is 1.74. The molecular formula is C16H31N3O. The average Bonchev–Trinajstić information content (AvgIpc) is 2.48. The molecule has 0 unspecified atom stereocenters. The van der Waals surface area contributed by atoms with Crippen LogP contribution in [0.3, 0.4) is 0 Å². The molecule has 2 rings (SSSR count). The van der Waals surface area contributed by atoms with E-state index in [1.54, 1.807) is 0 Å². The highest BCUT2D eigenvalue weighted by Gasteiger charge is 2.28. The summed E-state index contributed by atoms with van der Waals surface area (Å²) in [7, 11) is 0. The second-order valence-electron chi connectivity index (χ2n) is 6.87. The first kappa shape index (κ1) is 15.8. The molecule has 4 nitrogen and oxygen atoms in total. The first-order valence-electron chi connectivity index (χ1n) is 8.34. The van der Waals surface area contributed by atoms with Gasteiger partial charge in [0.15, 0.2) is 0 Å². The maximum Gasteiger partial charge on any atom is 0.223 e. The van der Waals surface area contributed by atoms with Gasteiger partial charge in [-0.15, -0.1) is 0 Å². The first-order valence-corrected chi connectivity index (χ1v) is 8.34. The molecule has 0 aromatic carbocycles. The molecule has 20 heavy (non-hydrogen) atoms. The number of hydrogen-bond donors (Lipinski definition) is 2. The molecule has 1 heterocycles. The van der Waals surface area contributed by atoms with Crippen molar-refractivity contribution in [2.75, 3.05) is 19.6 Å². The molecule has 1 saturated carbocycles. The summed E-state index contributed by atoms with van der Waals surface area (Å²) in [6, 6.07) is 1.02. The molecule has 0 aromatic heterocycles. The molecule has 0 radical (unpaired) electrons. The lowest BCUT2D eigenvalue weighted by atomic mass is 9.81. The minimum atomic E-state index is 0.237. The van der Waals surface area contributed by atoms with Crippen molar-refractivity contribution in [2.24, 2.45) is 17.6 Å². The molecule has 1 amide bonds. The third kappa shape index (κ3) is 4.19. The van der Waals surface area contributed by atoms with Crippen LogP contribution in [0.4, 0.5) is 0 Å². The van der Waals surface area contributed by atoms with Crippen LogP contribution in [0.15, 0.2) is 0 Å². The van der Waals surface area contributed by atoms with Crippen LogP contribution >= 0.6 is 0 Å². The highest BCUT2D eigenvalue weighted by molar-refractivity contribution is 5.79. The van der Waals surface area contributed by atoms with Crippen LogP contribution < -0.4 is 11.1 Å². The van der Waals surface area contributed by atoms with Crippen LogP contribution in [0.25, 0.3) is 0 Å². The van der Waals surface area contributed by atoms with Crippen molar-refractivity contribution < 1.29 is 4.79 Å². The highest BCUT2D eigenvalue weighted by Crippen LogP contribution is 2.28. The second kappa shape index (κ2) is 7.41. The fourth-order valence-electron chi connectivity index (χ4n) is 3.54. The molecule has 0 spiro atoms. The third-order valence-corrected chi connectivity index (χ3v) is 5.16. The minimum Gasteiger partial charge on any atom is -0.353 e. The zero-order valence-corrected chi connectivity index (χ0v) is 13.1. The SMILES string of the molecule is CC(C)N1CCC(NC(=O)C2CCC(CN)CC2)CC1. The summed E-state index contributed by atoms with van der Waals surface area (Å²) in [5.41, 5.74) is 5.71. The van der Waals surface area contributed by atoms with Gasteiger partial charge < -0.3 is 16.0 Å².